The summed E-state index contributed by atoms with van der Waals surface area (Å²) < 4.78 is 6.34. The van der Waals surface area contributed by atoms with Crippen LogP contribution in [0.3, 0.4) is 0 Å². The van der Waals surface area contributed by atoms with E-state index in [-0.39, 0.29) is 5.78 Å². The van der Waals surface area contributed by atoms with Crippen LogP contribution in [0.4, 0.5) is 0 Å². The summed E-state index contributed by atoms with van der Waals surface area (Å²) in [7, 11) is 3.15. The molecule has 5 heteroatoms. The number of ether oxygens (including phenoxy) is 1. The summed E-state index contributed by atoms with van der Waals surface area (Å²) in [5, 5.41) is 4.22. The van der Waals surface area contributed by atoms with Gasteiger partial charge in [-0.2, -0.15) is 5.10 Å². The number of ketones is 1. The molecule has 1 unspecified atom stereocenters. The molecule has 4 nitrogen and oxygen atoms in total. The largest absolute Gasteiger partial charge is 0.374 e. The minimum absolute atomic E-state index is 0.160. The lowest BCUT2D eigenvalue weighted by Gasteiger charge is -2.08. The predicted molar refractivity (Wildman–Crippen MR) is 49.0 cm³/mol. The molecule has 0 bridgehead atoms. The first-order valence-electron chi connectivity index (χ1n) is 3.82. The predicted octanol–water partition coefficient (Wildman–Crippen LogP) is 1.29. The van der Waals surface area contributed by atoms with E-state index in [0.29, 0.717) is 10.7 Å². The van der Waals surface area contributed by atoms with Crippen molar-refractivity contribution in [2.45, 2.75) is 13.0 Å². The van der Waals surface area contributed by atoms with Gasteiger partial charge in [0, 0.05) is 14.2 Å². The zero-order valence-corrected chi connectivity index (χ0v) is 8.50. The Hall–Kier alpha value is -0.870. The van der Waals surface area contributed by atoms with Crippen molar-refractivity contribution < 1.29 is 9.53 Å². The third kappa shape index (κ3) is 1.89. The van der Waals surface area contributed by atoms with Crippen molar-refractivity contribution in [2.24, 2.45) is 7.05 Å². The van der Waals surface area contributed by atoms with Crippen LogP contribution in [0.1, 0.15) is 17.4 Å². The summed E-state index contributed by atoms with van der Waals surface area (Å²) in [6.45, 7) is 1.67. The molecule has 0 aromatic carbocycles. The summed E-state index contributed by atoms with van der Waals surface area (Å²) in [4.78, 5) is 11.6. The van der Waals surface area contributed by atoms with Gasteiger partial charge in [-0.15, -0.1) is 0 Å². The van der Waals surface area contributed by atoms with Gasteiger partial charge in [0.25, 0.3) is 0 Å². The van der Waals surface area contributed by atoms with E-state index < -0.39 is 6.10 Å². The molecular formula is C8H11ClN2O2. The zero-order valence-electron chi connectivity index (χ0n) is 7.74. The summed E-state index contributed by atoms with van der Waals surface area (Å²) in [6.07, 6.45) is 0.949. The number of hydrogen-bond donors (Lipinski definition) is 0. The molecule has 1 rings (SSSR count). The first-order chi connectivity index (χ1) is 6.07. The summed E-state index contributed by atoms with van der Waals surface area (Å²) >= 11 is 5.78. The Balaban J connectivity index is 3.01. The maximum absolute atomic E-state index is 11.6. The Morgan fingerprint density at radius 1 is 1.77 bits per heavy atom. The lowest BCUT2D eigenvalue weighted by Crippen LogP contribution is -2.22. The Kier molecular flexibility index (Phi) is 3.06. The Bertz CT molecular complexity index is 302. The number of nitrogens with zero attached hydrogens (tertiary/aromatic N) is 2. The molecule has 0 radical (unpaired) electrons. The summed E-state index contributed by atoms with van der Waals surface area (Å²) in [5.41, 5.74) is 0.385. The van der Waals surface area contributed by atoms with Gasteiger partial charge in [0.2, 0.25) is 5.78 Å². The van der Waals surface area contributed by atoms with Gasteiger partial charge in [-0.25, -0.2) is 0 Å². The van der Waals surface area contributed by atoms with Crippen LogP contribution in [0.5, 0.6) is 0 Å². The normalized spacial score (nSPS) is 12.9. The third-order valence-electron chi connectivity index (χ3n) is 1.85. The van der Waals surface area contributed by atoms with E-state index in [1.54, 1.807) is 14.0 Å². The van der Waals surface area contributed by atoms with Crippen molar-refractivity contribution in [3.05, 3.63) is 16.9 Å². The second-order valence-electron chi connectivity index (χ2n) is 2.71. The fourth-order valence-electron chi connectivity index (χ4n) is 0.987. The number of rotatable bonds is 3. The summed E-state index contributed by atoms with van der Waals surface area (Å²) in [5.74, 6) is -0.160. The van der Waals surface area contributed by atoms with Crippen molar-refractivity contribution in [2.75, 3.05) is 7.11 Å². The molecule has 0 saturated carbocycles. The molecule has 0 aliphatic heterocycles. The van der Waals surface area contributed by atoms with Crippen LogP contribution in [0, 0.1) is 0 Å². The first-order valence-corrected chi connectivity index (χ1v) is 4.20. The van der Waals surface area contributed by atoms with Crippen LogP contribution in [0.25, 0.3) is 0 Å². The SMILES string of the molecule is COC(C)C(=O)c1c(Cl)cnn1C. The van der Waals surface area contributed by atoms with E-state index in [9.17, 15) is 4.79 Å². The molecule has 1 aromatic rings. The van der Waals surface area contributed by atoms with E-state index in [0.717, 1.165) is 0 Å². The topological polar surface area (TPSA) is 44.1 Å². The van der Waals surface area contributed by atoms with Gasteiger partial charge >= 0.3 is 0 Å². The molecule has 1 heterocycles. The van der Waals surface area contributed by atoms with Gasteiger partial charge in [-0.1, -0.05) is 11.6 Å². The Morgan fingerprint density at radius 3 is 2.77 bits per heavy atom. The van der Waals surface area contributed by atoms with Crippen LogP contribution < -0.4 is 0 Å². The van der Waals surface area contributed by atoms with Gasteiger partial charge in [0.15, 0.2) is 0 Å². The van der Waals surface area contributed by atoms with Crippen LogP contribution in [0.2, 0.25) is 5.02 Å². The van der Waals surface area contributed by atoms with Crippen LogP contribution in [-0.2, 0) is 11.8 Å². The highest BCUT2D eigenvalue weighted by atomic mass is 35.5. The first kappa shape index (κ1) is 10.2. The maximum atomic E-state index is 11.6. The average molecular weight is 203 g/mol. The number of aryl methyl sites for hydroxylation is 1. The fraction of sp³-hybridized carbons (Fsp3) is 0.500. The quantitative estimate of drug-likeness (QED) is 0.694. The van der Waals surface area contributed by atoms with E-state index in [4.69, 9.17) is 16.3 Å². The lowest BCUT2D eigenvalue weighted by atomic mass is 10.2. The third-order valence-corrected chi connectivity index (χ3v) is 2.13. The van der Waals surface area contributed by atoms with Crippen molar-refractivity contribution in [3.8, 4) is 0 Å². The van der Waals surface area contributed by atoms with Crippen molar-refractivity contribution in [3.63, 3.8) is 0 Å². The smallest absolute Gasteiger partial charge is 0.210 e. The van der Waals surface area contributed by atoms with Crippen LogP contribution in [0.15, 0.2) is 6.20 Å². The fourth-order valence-corrected chi connectivity index (χ4v) is 1.25. The highest BCUT2D eigenvalue weighted by Crippen LogP contribution is 2.16. The van der Waals surface area contributed by atoms with Gasteiger partial charge in [0.1, 0.15) is 11.8 Å². The second-order valence-corrected chi connectivity index (χ2v) is 3.11. The molecule has 72 valence electrons. The van der Waals surface area contributed by atoms with Crippen molar-refractivity contribution >= 4 is 17.4 Å². The lowest BCUT2D eigenvalue weighted by molar-refractivity contribution is 0.0646. The summed E-state index contributed by atoms with van der Waals surface area (Å²) in [6, 6.07) is 0. The molecule has 0 spiro atoms. The highest BCUT2D eigenvalue weighted by Gasteiger charge is 2.20. The van der Waals surface area contributed by atoms with Gasteiger partial charge in [0.05, 0.1) is 11.2 Å². The Labute approximate surface area is 81.4 Å². The number of aromatic nitrogens is 2. The zero-order chi connectivity index (χ0) is 10.0. The second kappa shape index (κ2) is 3.89. The molecular weight excluding hydrogens is 192 g/mol. The molecule has 1 aromatic heterocycles. The monoisotopic (exact) mass is 202 g/mol. The van der Waals surface area contributed by atoms with E-state index in [1.807, 2.05) is 0 Å². The number of methoxy groups -OCH3 is 1. The average Bonchev–Trinajstić information content (AvgIpc) is 2.44. The molecule has 0 fully saturated rings. The Morgan fingerprint density at radius 2 is 2.38 bits per heavy atom. The minimum atomic E-state index is -0.493. The minimum Gasteiger partial charge on any atom is -0.374 e. The maximum Gasteiger partial charge on any atom is 0.210 e. The number of carbonyl (C=O) groups excluding carboxylic acids is 1. The molecule has 0 saturated heterocycles. The number of Topliss-reactive ketones (excluding diaryl/α,β-unsaturated/α-hetero) is 1. The molecule has 13 heavy (non-hydrogen) atoms. The molecule has 0 N–H and O–H groups in total. The highest BCUT2D eigenvalue weighted by molar-refractivity contribution is 6.33. The van der Waals surface area contributed by atoms with E-state index in [2.05, 4.69) is 5.10 Å². The van der Waals surface area contributed by atoms with E-state index >= 15 is 0 Å². The number of carbonyl (C=O) groups is 1. The molecule has 1 atom stereocenters. The van der Waals surface area contributed by atoms with Gasteiger partial charge in [-0.3, -0.25) is 9.48 Å². The molecule has 0 aliphatic carbocycles. The van der Waals surface area contributed by atoms with Crippen LogP contribution >= 0.6 is 11.6 Å². The molecule has 0 aliphatic rings. The van der Waals surface area contributed by atoms with Crippen molar-refractivity contribution in [1.29, 1.82) is 0 Å². The van der Waals surface area contributed by atoms with Crippen molar-refractivity contribution in [1.82, 2.24) is 9.78 Å². The molecule has 0 amide bonds. The van der Waals surface area contributed by atoms with E-state index in [1.165, 1.54) is 18.0 Å². The van der Waals surface area contributed by atoms with Crippen LogP contribution in [-0.4, -0.2) is 28.8 Å². The number of hydrogen-bond acceptors (Lipinski definition) is 3. The standard InChI is InChI=1S/C8H11ClN2O2/c1-5(13-3)8(12)7-6(9)4-10-11(7)2/h4-5H,1-3H3. The van der Waals surface area contributed by atoms with Gasteiger partial charge < -0.3 is 4.74 Å². The number of halogens is 1. The van der Waals surface area contributed by atoms with Gasteiger partial charge in [-0.05, 0) is 6.92 Å².